The molecule has 16 heavy (non-hydrogen) atoms. The molecule has 0 saturated heterocycles. The summed E-state index contributed by atoms with van der Waals surface area (Å²) < 4.78 is 10.3. The van der Waals surface area contributed by atoms with Crippen molar-refractivity contribution in [1.82, 2.24) is 10.3 Å². The number of esters is 1. The van der Waals surface area contributed by atoms with Crippen LogP contribution in [0.1, 0.15) is 32.4 Å². The third-order valence-corrected chi connectivity index (χ3v) is 1.86. The van der Waals surface area contributed by atoms with Crippen LogP contribution in [0.2, 0.25) is 0 Å². The Kier molecular flexibility index (Phi) is 4.98. The van der Waals surface area contributed by atoms with E-state index in [2.05, 4.69) is 10.3 Å². The van der Waals surface area contributed by atoms with Crippen LogP contribution in [0.5, 0.6) is 0 Å². The van der Waals surface area contributed by atoms with E-state index in [9.17, 15) is 4.79 Å². The molecule has 0 amide bonds. The van der Waals surface area contributed by atoms with Crippen molar-refractivity contribution in [3.8, 4) is 0 Å². The van der Waals surface area contributed by atoms with Crippen LogP contribution in [0, 0.1) is 0 Å². The standard InChI is InChI=1S/C11H18N2O3/c1-4-9-5-13-10(16-9)6-12-7-11(14)15-8(2)3/h5,8,12H,4,6-7H2,1-3H3. The van der Waals surface area contributed by atoms with Crippen LogP contribution < -0.4 is 5.32 Å². The first-order valence-corrected chi connectivity index (χ1v) is 5.45. The molecule has 90 valence electrons. The summed E-state index contributed by atoms with van der Waals surface area (Å²) in [5.41, 5.74) is 0. The van der Waals surface area contributed by atoms with Crippen LogP contribution in [0.15, 0.2) is 10.6 Å². The van der Waals surface area contributed by atoms with Crippen LogP contribution in [0.3, 0.4) is 0 Å². The molecule has 1 aromatic heterocycles. The lowest BCUT2D eigenvalue weighted by molar-refractivity contribution is -0.146. The third kappa shape index (κ3) is 4.44. The largest absolute Gasteiger partial charge is 0.462 e. The fourth-order valence-electron chi connectivity index (χ4n) is 1.17. The maximum absolute atomic E-state index is 11.2. The molecular formula is C11H18N2O3. The third-order valence-electron chi connectivity index (χ3n) is 1.86. The summed E-state index contributed by atoms with van der Waals surface area (Å²) in [5.74, 6) is 1.17. The highest BCUT2D eigenvalue weighted by molar-refractivity contribution is 5.71. The average molecular weight is 226 g/mol. The van der Waals surface area contributed by atoms with Gasteiger partial charge in [0.25, 0.3) is 0 Å². The Hall–Kier alpha value is -1.36. The molecule has 0 aliphatic heterocycles. The first-order valence-electron chi connectivity index (χ1n) is 5.45. The highest BCUT2D eigenvalue weighted by Crippen LogP contribution is 2.03. The average Bonchev–Trinajstić information content (AvgIpc) is 2.64. The van der Waals surface area contributed by atoms with E-state index in [-0.39, 0.29) is 18.6 Å². The zero-order chi connectivity index (χ0) is 12.0. The van der Waals surface area contributed by atoms with Crippen molar-refractivity contribution in [3.05, 3.63) is 17.8 Å². The number of oxazole rings is 1. The van der Waals surface area contributed by atoms with Gasteiger partial charge in [-0.25, -0.2) is 4.98 Å². The molecule has 0 bridgehead atoms. The Morgan fingerprint density at radius 3 is 2.94 bits per heavy atom. The van der Waals surface area contributed by atoms with Gasteiger partial charge in [-0.2, -0.15) is 0 Å². The zero-order valence-electron chi connectivity index (χ0n) is 9.95. The lowest BCUT2D eigenvalue weighted by Gasteiger charge is -2.07. The van der Waals surface area contributed by atoms with Gasteiger partial charge in [-0.1, -0.05) is 6.92 Å². The van der Waals surface area contributed by atoms with Crippen molar-refractivity contribution in [2.45, 2.75) is 39.8 Å². The Morgan fingerprint density at radius 1 is 1.62 bits per heavy atom. The van der Waals surface area contributed by atoms with E-state index in [1.54, 1.807) is 6.20 Å². The minimum absolute atomic E-state index is 0.0808. The smallest absolute Gasteiger partial charge is 0.320 e. The minimum atomic E-state index is -0.266. The summed E-state index contributed by atoms with van der Waals surface area (Å²) in [6, 6.07) is 0. The Labute approximate surface area is 95.2 Å². The highest BCUT2D eigenvalue weighted by atomic mass is 16.5. The van der Waals surface area contributed by atoms with Gasteiger partial charge in [0, 0.05) is 6.42 Å². The maximum atomic E-state index is 11.2. The molecule has 0 saturated carbocycles. The predicted octanol–water partition coefficient (Wildman–Crippen LogP) is 1.28. The molecule has 0 spiro atoms. The second-order valence-electron chi connectivity index (χ2n) is 3.72. The quantitative estimate of drug-likeness (QED) is 0.740. The number of hydrogen-bond acceptors (Lipinski definition) is 5. The van der Waals surface area contributed by atoms with E-state index >= 15 is 0 Å². The van der Waals surface area contributed by atoms with Crippen LogP contribution in [0.4, 0.5) is 0 Å². The second kappa shape index (κ2) is 6.27. The normalized spacial score (nSPS) is 10.8. The van der Waals surface area contributed by atoms with E-state index in [1.807, 2.05) is 20.8 Å². The first kappa shape index (κ1) is 12.7. The number of aryl methyl sites for hydroxylation is 1. The zero-order valence-corrected chi connectivity index (χ0v) is 9.95. The minimum Gasteiger partial charge on any atom is -0.462 e. The molecule has 0 aliphatic rings. The molecule has 0 aliphatic carbocycles. The van der Waals surface area contributed by atoms with Gasteiger partial charge in [-0.05, 0) is 13.8 Å². The van der Waals surface area contributed by atoms with E-state index in [0.717, 1.165) is 12.2 Å². The summed E-state index contributed by atoms with van der Waals surface area (Å²) in [7, 11) is 0. The number of aromatic nitrogens is 1. The SMILES string of the molecule is CCc1cnc(CNCC(=O)OC(C)C)o1. The van der Waals surface area contributed by atoms with Gasteiger partial charge in [-0.15, -0.1) is 0 Å². The lowest BCUT2D eigenvalue weighted by Crippen LogP contribution is -2.26. The van der Waals surface area contributed by atoms with Gasteiger partial charge in [-0.3, -0.25) is 10.1 Å². The molecular weight excluding hydrogens is 208 g/mol. The summed E-state index contributed by atoms with van der Waals surface area (Å²) in [6.45, 7) is 6.24. The van der Waals surface area contributed by atoms with Crippen molar-refractivity contribution in [2.24, 2.45) is 0 Å². The van der Waals surface area contributed by atoms with Gasteiger partial charge in [0.2, 0.25) is 5.89 Å². The maximum Gasteiger partial charge on any atom is 0.320 e. The van der Waals surface area contributed by atoms with E-state index in [1.165, 1.54) is 0 Å². The summed E-state index contributed by atoms with van der Waals surface area (Å²) in [6.07, 6.45) is 2.44. The Balaban J connectivity index is 2.22. The second-order valence-corrected chi connectivity index (χ2v) is 3.72. The van der Waals surface area contributed by atoms with Gasteiger partial charge < -0.3 is 9.15 Å². The van der Waals surface area contributed by atoms with Gasteiger partial charge in [0.1, 0.15) is 5.76 Å². The number of rotatable bonds is 6. The number of carbonyl (C=O) groups excluding carboxylic acids is 1. The fourth-order valence-corrected chi connectivity index (χ4v) is 1.17. The van der Waals surface area contributed by atoms with Crippen molar-refractivity contribution in [2.75, 3.05) is 6.54 Å². The van der Waals surface area contributed by atoms with Gasteiger partial charge >= 0.3 is 5.97 Å². The molecule has 0 aromatic carbocycles. The van der Waals surface area contributed by atoms with Crippen molar-refractivity contribution >= 4 is 5.97 Å². The monoisotopic (exact) mass is 226 g/mol. The fraction of sp³-hybridized carbons (Fsp3) is 0.636. The van der Waals surface area contributed by atoms with Crippen molar-refractivity contribution in [3.63, 3.8) is 0 Å². The van der Waals surface area contributed by atoms with E-state index < -0.39 is 0 Å². The Bertz CT molecular complexity index is 334. The van der Waals surface area contributed by atoms with E-state index in [4.69, 9.17) is 9.15 Å². The number of ether oxygens (including phenoxy) is 1. The van der Waals surface area contributed by atoms with Crippen molar-refractivity contribution < 1.29 is 13.9 Å². The van der Waals surface area contributed by atoms with Crippen LogP contribution in [0.25, 0.3) is 0 Å². The van der Waals surface area contributed by atoms with Crippen molar-refractivity contribution in [1.29, 1.82) is 0 Å². The number of hydrogen-bond donors (Lipinski definition) is 1. The molecule has 0 radical (unpaired) electrons. The van der Waals surface area contributed by atoms with Crippen LogP contribution >= 0.6 is 0 Å². The summed E-state index contributed by atoms with van der Waals surface area (Å²) >= 11 is 0. The molecule has 1 heterocycles. The molecule has 0 atom stereocenters. The number of carbonyl (C=O) groups is 1. The van der Waals surface area contributed by atoms with Gasteiger partial charge in [0.15, 0.2) is 0 Å². The summed E-state index contributed by atoms with van der Waals surface area (Å²) in [4.78, 5) is 15.2. The molecule has 5 heteroatoms. The number of nitrogens with one attached hydrogen (secondary N) is 1. The van der Waals surface area contributed by atoms with Crippen LogP contribution in [-0.2, 0) is 22.5 Å². The molecule has 1 rings (SSSR count). The summed E-state index contributed by atoms with van der Waals surface area (Å²) in [5, 5.41) is 2.91. The van der Waals surface area contributed by atoms with E-state index in [0.29, 0.717) is 12.4 Å². The Morgan fingerprint density at radius 2 is 2.38 bits per heavy atom. The molecule has 1 aromatic rings. The molecule has 0 fully saturated rings. The molecule has 5 nitrogen and oxygen atoms in total. The number of nitrogens with zero attached hydrogens (tertiary/aromatic N) is 1. The van der Waals surface area contributed by atoms with Gasteiger partial charge in [0.05, 0.1) is 25.4 Å². The molecule has 0 unspecified atom stereocenters. The predicted molar refractivity (Wildman–Crippen MR) is 58.8 cm³/mol. The first-order chi connectivity index (χ1) is 7.61. The lowest BCUT2D eigenvalue weighted by atomic mass is 10.4. The topological polar surface area (TPSA) is 64.4 Å². The highest BCUT2D eigenvalue weighted by Gasteiger charge is 2.06. The molecule has 1 N–H and O–H groups in total. The van der Waals surface area contributed by atoms with Crippen LogP contribution in [-0.4, -0.2) is 23.6 Å².